The number of methoxy groups -OCH3 is 1. The van der Waals surface area contributed by atoms with Crippen LogP contribution < -0.4 is 5.32 Å². The van der Waals surface area contributed by atoms with E-state index < -0.39 is 10.0 Å². The predicted octanol–water partition coefficient (Wildman–Crippen LogP) is 1.85. The molecule has 0 saturated carbocycles. The summed E-state index contributed by atoms with van der Waals surface area (Å²) in [4.78, 5) is 12.1. The van der Waals surface area contributed by atoms with Crippen molar-refractivity contribution in [3.8, 4) is 0 Å². The first-order valence-electron chi connectivity index (χ1n) is 8.53. The number of hydrogen-bond donors (Lipinski definition) is 1. The predicted molar refractivity (Wildman–Crippen MR) is 98.2 cm³/mol. The maximum absolute atomic E-state index is 12.4. The summed E-state index contributed by atoms with van der Waals surface area (Å²) >= 11 is 0. The van der Waals surface area contributed by atoms with Crippen LogP contribution in [-0.2, 0) is 19.6 Å². The molecular formula is C18H26N2O4S. The first-order chi connectivity index (χ1) is 12.0. The number of ether oxygens (including phenoxy) is 1. The lowest BCUT2D eigenvalue weighted by Crippen LogP contribution is -2.42. The van der Waals surface area contributed by atoms with Crippen LogP contribution in [0.25, 0.3) is 6.08 Å². The van der Waals surface area contributed by atoms with Crippen molar-refractivity contribution < 1.29 is 17.9 Å². The molecule has 0 spiro atoms. The van der Waals surface area contributed by atoms with Gasteiger partial charge in [-0.3, -0.25) is 4.79 Å². The van der Waals surface area contributed by atoms with Crippen LogP contribution in [0.5, 0.6) is 0 Å². The fraction of sp³-hybridized carbons (Fsp3) is 0.500. The fourth-order valence-electron chi connectivity index (χ4n) is 2.76. The van der Waals surface area contributed by atoms with Gasteiger partial charge in [-0.05, 0) is 30.9 Å². The first-order valence-corrected chi connectivity index (χ1v) is 10.0. The minimum Gasteiger partial charge on any atom is -0.385 e. The third kappa shape index (κ3) is 6.26. The SMILES string of the molecule is COCCCNC(=O)C1CCN(S(=O)(=O)/C=C/c2ccccc2)CC1. The number of rotatable bonds is 8. The van der Waals surface area contributed by atoms with Gasteiger partial charge in [0, 0.05) is 44.7 Å². The average molecular weight is 366 g/mol. The molecule has 0 aromatic heterocycles. The highest BCUT2D eigenvalue weighted by Gasteiger charge is 2.29. The summed E-state index contributed by atoms with van der Waals surface area (Å²) in [5.41, 5.74) is 0.844. The van der Waals surface area contributed by atoms with Gasteiger partial charge in [-0.1, -0.05) is 30.3 Å². The lowest BCUT2D eigenvalue weighted by Gasteiger charge is -2.29. The van der Waals surface area contributed by atoms with Gasteiger partial charge in [0.25, 0.3) is 0 Å². The number of amides is 1. The molecule has 1 N–H and O–H groups in total. The van der Waals surface area contributed by atoms with E-state index in [1.807, 2.05) is 30.3 Å². The Labute approximate surface area is 149 Å². The first kappa shape index (κ1) is 19.6. The second-order valence-electron chi connectivity index (χ2n) is 6.07. The molecule has 1 heterocycles. The van der Waals surface area contributed by atoms with E-state index >= 15 is 0 Å². The highest BCUT2D eigenvalue weighted by molar-refractivity contribution is 7.92. The van der Waals surface area contributed by atoms with Crippen LogP contribution in [0.15, 0.2) is 35.7 Å². The number of sulfonamides is 1. The van der Waals surface area contributed by atoms with Gasteiger partial charge in [0.15, 0.2) is 0 Å². The van der Waals surface area contributed by atoms with Crippen LogP contribution in [-0.4, -0.2) is 52.0 Å². The second-order valence-corrected chi connectivity index (χ2v) is 7.89. The van der Waals surface area contributed by atoms with Gasteiger partial charge >= 0.3 is 0 Å². The van der Waals surface area contributed by atoms with Crippen LogP contribution in [0.4, 0.5) is 0 Å². The summed E-state index contributed by atoms with van der Waals surface area (Å²) in [7, 11) is -1.82. The van der Waals surface area contributed by atoms with Crippen molar-refractivity contribution in [2.24, 2.45) is 5.92 Å². The van der Waals surface area contributed by atoms with E-state index in [2.05, 4.69) is 5.32 Å². The smallest absolute Gasteiger partial charge is 0.236 e. The Morgan fingerprint density at radius 1 is 1.28 bits per heavy atom. The van der Waals surface area contributed by atoms with Crippen molar-refractivity contribution >= 4 is 22.0 Å². The van der Waals surface area contributed by atoms with Crippen LogP contribution in [0.1, 0.15) is 24.8 Å². The molecule has 1 aliphatic rings. The number of hydrogen-bond acceptors (Lipinski definition) is 4. The van der Waals surface area contributed by atoms with Gasteiger partial charge < -0.3 is 10.1 Å². The van der Waals surface area contributed by atoms with Crippen molar-refractivity contribution in [1.29, 1.82) is 0 Å². The number of piperidine rings is 1. The fourth-order valence-corrected chi connectivity index (χ4v) is 3.98. The van der Waals surface area contributed by atoms with Gasteiger partial charge in [-0.15, -0.1) is 0 Å². The Balaban J connectivity index is 1.82. The molecule has 1 amide bonds. The van der Waals surface area contributed by atoms with Crippen molar-refractivity contribution in [3.63, 3.8) is 0 Å². The molecule has 1 aromatic rings. The Morgan fingerprint density at radius 3 is 2.60 bits per heavy atom. The number of carbonyl (C=O) groups excluding carboxylic acids is 1. The molecule has 138 valence electrons. The number of nitrogens with zero attached hydrogens (tertiary/aromatic N) is 1. The molecule has 7 heteroatoms. The molecule has 1 aliphatic heterocycles. The molecule has 6 nitrogen and oxygen atoms in total. The van der Waals surface area contributed by atoms with Gasteiger partial charge in [-0.2, -0.15) is 4.31 Å². The highest BCUT2D eigenvalue weighted by atomic mass is 32.2. The molecular weight excluding hydrogens is 340 g/mol. The summed E-state index contributed by atoms with van der Waals surface area (Å²) < 4.78 is 31.2. The van der Waals surface area contributed by atoms with E-state index in [4.69, 9.17) is 4.74 Å². The molecule has 0 aliphatic carbocycles. The second kappa shape index (κ2) is 9.70. The third-order valence-electron chi connectivity index (χ3n) is 4.24. The van der Waals surface area contributed by atoms with E-state index in [-0.39, 0.29) is 11.8 Å². The Bertz CT molecular complexity index is 666. The van der Waals surface area contributed by atoms with E-state index in [9.17, 15) is 13.2 Å². The Hall–Kier alpha value is -1.70. The number of carbonyl (C=O) groups is 1. The largest absolute Gasteiger partial charge is 0.385 e. The van der Waals surface area contributed by atoms with E-state index in [1.165, 1.54) is 9.71 Å². The lowest BCUT2D eigenvalue weighted by atomic mass is 9.97. The van der Waals surface area contributed by atoms with Crippen LogP contribution in [0.2, 0.25) is 0 Å². The molecule has 2 rings (SSSR count). The normalized spacial score (nSPS) is 17.0. The summed E-state index contributed by atoms with van der Waals surface area (Å²) in [5, 5.41) is 4.13. The molecule has 1 fully saturated rings. The molecule has 1 aromatic carbocycles. The van der Waals surface area contributed by atoms with Gasteiger partial charge in [0.1, 0.15) is 0 Å². The summed E-state index contributed by atoms with van der Waals surface area (Å²) in [6, 6.07) is 9.32. The van der Waals surface area contributed by atoms with Crippen molar-refractivity contribution in [2.75, 3.05) is 33.4 Å². The zero-order chi connectivity index (χ0) is 18.1. The van der Waals surface area contributed by atoms with Crippen LogP contribution >= 0.6 is 0 Å². The highest BCUT2D eigenvalue weighted by Crippen LogP contribution is 2.21. The van der Waals surface area contributed by atoms with Crippen LogP contribution in [0, 0.1) is 5.92 Å². The number of nitrogens with one attached hydrogen (secondary N) is 1. The zero-order valence-corrected chi connectivity index (χ0v) is 15.4. The maximum Gasteiger partial charge on any atom is 0.236 e. The van der Waals surface area contributed by atoms with E-state index in [0.29, 0.717) is 39.1 Å². The molecule has 0 radical (unpaired) electrons. The van der Waals surface area contributed by atoms with Gasteiger partial charge in [0.2, 0.25) is 15.9 Å². The summed E-state index contributed by atoms with van der Waals surface area (Å²) in [6.45, 7) is 1.95. The van der Waals surface area contributed by atoms with E-state index in [1.54, 1.807) is 13.2 Å². The van der Waals surface area contributed by atoms with Crippen LogP contribution in [0.3, 0.4) is 0 Å². The lowest BCUT2D eigenvalue weighted by molar-refractivity contribution is -0.126. The van der Waals surface area contributed by atoms with Crippen molar-refractivity contribution in [2.45, 2.75) is 19.3 Å². The zero-order valence-electron chi connectivity index (χ0n) is 14.6. The standard InChI is InChI=1S/C18H26N2O4S/c1-24-14-5-11-19-18(21)17-8-12-20(13-9-17)25(22,23)15-10-16-6-3-2-4-7-16/h2-4,6-7,10,15,17H,5,8-9,11-14H2,1H3,(H,19,21)/b15-10+. The topological polar surface area (TPSA) is 75.7 Å². The minimum absolute atomic E-state index is 0.00739. The molecule has 25 heavy (non-hydrogen) atoms. The van der Waals surface area contributed by atoms with E-state index in [0.717, 1.165) is 12.0 Å². The number of benzene rings is 1. The van der Waals surface area contributed by atoms with Gasteiger partial charge in [-0.25, -0.2) is 8.42 Å². The minimum atomic E-state index is -3.45. The Kier molecular flexibility index (Phi) is 7.61. The monoisotopic (exact) mass is 366 g/mol. The maximum atomic E-state index is 12.4. The quantitative estimate of drug-likeness (QED) is 0.713. The molecule has 0 bridgehead atoms. The molecule has 0 unspecified atom stereocenters. The molecule has 0 atom stereocenters. The Morgan fingerprint density at radius 2 is 1.96 bits per heavy atom. The molecule has 1 saturated heterocycles. The summed E-state index contributed by atoms with van der Waals surface area (Å²) in [6.07, 6.45) is 3.48. The van der Waals surface area contributed by atoms with Crippen molar-refractivity contribution in [1.82, 2.24) is 9.62 Å². The third-order valence-corrected chi connectivity index (χ3v) is 5.81. The van der Waals surface area contributed by atoms with Gasteiger partial charge in [0.05, 0.1) is 0 Å². The van der Waals surface area contributed by atoms with Crippen molar-refractivity contribution in [3.05, 3.63) is 41.3 Å². The average Bonchev–Trinajstić information content (AvgIpc) is 2.64. The summed E-state index contributed by atoms with van der Waals surface area (Å²) in [5.74, 6) is -0.111.